The highest BCUT2D eigenvalue weighted by Gasteiger charge is 2.12. The van der Waals surface area contributed by atoms with Crippen LogP contribution in [0.3, 0.4) is 0 Å². The van der Waals surface area contributed by atoms with Crippen molar-refractivity contribution in [2.75, 3.05) is 5.32 Å². The van der Waals surface area contributed by atoms with E-state index in [-0.39, 0.29) is 12.5 Å². The summed E-state index contributed by atoms with van der Waals surface area (Å²) >= 11 is 11.9. The van der Waals surface area contributed by atoms with Gasteiger partial charge in [-0.2, -0.15) is 0 Å². The molecule has 0 saturated heterocycles. The van der Waals surface area contributed by atoms with Gasteiger partial charge in [-0.05, 0) is 31.9 Å². The molecule has 1 rings (SSSR count). The molecule has 0 bridgehead atoms. The summed E-state index contributed by atoms with van der Waals surface area (Å²) < 4.78 is 0. The van der Waals surface area contributed by atoms with Gasteiger partial charge in [0.25, 0.3) is 0 Å². The predicted molar refractivity (Wildman–Crippen MR) is 79.6 cm³/mol. The Hall–Kier alpha value is -1.46. The summed E-state index contributed by atoms with van der Waals surface area (Å²) in [6, 6.07) is 4.36. The number of carboxylic acids is 1. The second kappa shape index (κ2) is 7.97. The Kier molecular flexibility index (Phi) is 6.61. The molecule has 0 fully saturated rings. The molecule has 110 valence electrons. The first-order valence-electron chi connectivity index (χ1n) is 6.13. The molecule has 2 amide bonds. The number of carboxylic acid groups (broad SMARTS) is 1. The standard InChI is InChI=1S/C13H16Cl2N2O3/c1-8(4-2-7-11(18)19)16-13(20)17-12-9(14)5-3-6-10(12)15/h3,5-6,8H,2,4,7H2,1H3,(H,18,19)(H2,16,17,20). The van der Waals surface area contributed by atoms with Crippen molar-refractivity contribution >= 4 is 40.9 Å². The van der Waals surface area contributed by atoms with E-state index in [1.165, 1.54) is 0 Å². The summed E-state index contributed by atoms with van der Waals surface area (Å²) in [4.78, 5) is 22.2. The van der Waals surface area contributed by atoms with Crippen molar-refractivity contribution in [1.82, 2.24) is 5.32 Å². The van der Waals surface area contributed by atoms with Gasteiger partial charge in [0.05, 0.1) is 15.7 Å². The smallest absolute Gasteiger partial charge is 0.319 e. The second-order valence-electron chi connectivity index (χ2n) is 4.38. The molecule has 0 aliphatic carbocycles. The minimum Gasteiger partial charge on any atom is -0.481 e. The fourth-order valence-corrected chi connectivity index (χ4v) is 2.11. The van der Waals surface area contributed by atoms with Gasteiger partial charge < -0.3 is 15.7 Å². The molecule has 5 nitrogen and oxygen atoms in total. The van der Waals surface area contributed by atoms with Gasteiger partial charge >= 0.3 is 12.0 Å². The third kappa shape index (κ3) is 5.67. The van der Waals surface area contributed by atoms with Crippen molar-refractivity contribution in [3.8, 4) is 0 Å². The summed E-state index contributed by atoms with van der Waals surface area (Å²) in [5.74, 6) is -0.843. The third-order valence-electron chi connectivity index (χ3n) is 2.61. The van der Waals surface area contributed by atoms with E-state index in [9.17, 15) is 9.59 Å². The first kappa shape index (κ1) is 16.6. The Balaban J connectivity index is 2.45. The van der Waals surface area contributed by atoms with Crippen molar-refractivity contribution in [2.24, 2.45) is 0 Å². The number of hydrogen-bond donors (Lipinski definition) is 3. The van der Waals surface area contributed by atoms with Gasteiger partial charge in [0.1, 0.15) is 0 Å². The monoisotopic (exact) mass is 318 g/mol. The van der Waals surface area contributed by atoms with Crippen LogP contribution in [0.2, 0.25) is 10.0 Å². The van der Waals surface area contributed by atoms with Crippen molar-refractivity contribution in [1.29, 1.82) is 0 Å². The molecule has 0 aromatic heterocycles. The van der Waals surface area contributed by atoms with E-state index in [1.54, 1.807) is 25.1 Å². The number of amides is 2. The fraction of sp³-hybridized carbons (Fsp3) is 0.385. The number of anilines is 1. The number of halogens is 2. The molecule has 1 atom stereocenters. The van der Waals surface area contributed by atoms with Gasteiger partial charge in [0, 0.05) is 12.5 Å². The van der Waals surface area contributed by atoms with Crippen molar-refractivity contribution in [3.05, 3.63) is 28.2 Å². The lowest BCUT2D eigenvalue weighted by Crippen LogP contribution is -2.36. The first-order chi connectivity index (χ1) is 9.40. The summed E-state index contributed by atoms with van der Waals surface area (Å²) in [7, 11) is 0. The summed E-state index contributed by atoms with van der Waals surface area (Å²) in [5, 5.41) is 14.5. The van der Waals surface area contributed by atoms with E-state index in [4.69, 9.17) is 28.3 Å². The van der Waals surface area contributed by atoms with Gasteiger partial charge in [0.15, 0.2) is 0 Å². The fourth-order valence-electron chi connectivity index (χ4n) is 1.62. The van der Waals surface area contributed by atoms with Crippen molar-refractivity contribution in [3.63, 3.8) is 0 Å². The van der Waals surface area contributed by atoms with Crippen LogP contribution in [-0.4, -0.2) is 23.1 Å². The molecule has 1 aromatic carbocycles. The highest BCUT2D eigenvalue weighted by atomic mass is 35.5. The minimum absolute atomic E-state index is 0.0873. The van der Waals surface area contributed by atoms with E-state index in [0.29, 0.717) is 28.6 Å². The molecule has 7 heteroatoms. The molecule has 1 aromatic rings. The van der Waals surface area contributed by atoms with Crippen LogP contribution in [0, 0.1) is 0 Å². The zero-order chi connectivity index (χ0) is 15.1. The van der Waals surface area contributed by atoms with Crippen molar-refractivity contribution in [2.45, 2.75) is 32.2 Å². The number of urea groups is 1. The summed E-state index contributed by atoms with van der Waals surface area (Å²) in [6.45, 7) is 1.80. The molecule has 0 heterocycles. The maximum absolute atomic E-state index is 11.8. The topological polar surface area (TPSA) is 78.4 Å². The van der Waals surface area contributed by atoms with Gasteiger partial charge in [-0.1, -0.05) is 29.3 Å². The molecular formula is C13H16Cl2N2O3. The Bertz CT molecular complexity index is 474. The lowest BCUT2D eigenvalue weighted by atomic mass is 10.1. The number of carbonyl (C=O) groups excluding carboxylic acids is 1. The quantitative estimate of drug-likeness (QED) is 0.747. The highest BCUT2D eigenvalue weighted by molar-refractivity contribution is 6.39. The zero-order valence-electron chi connectivity index (χ0n) is 11.0. The van der Waals surface area contributed by atoms with Crippen LogP contribution >= 0.6 is 23.2 Å². The molecule has 20 heavy (non-hydrogen) atoms. The number of aliphatic carboxylic acids is 1. The normalized spacial score (nSPS) is 11.8. The minimum atomic E-state index is -0.843. The van der Waals surface area contributed by atoms with Crippen molar-refractivity contribution < 1.29 is 14.7 Å². The Morgan fingerprint density at radius 1 is 1.30 bits per heavy atom. The molecule has 0 aliphatic heterocycles. The van der Waals surface area contributed by atoms with Crippen LogP contribution in [0.25, 0.3) is 0 Å². The number of hydrogen-bond acceptors (Lipinski definition) is 2. The first-order valence-corrected chi connectivity index (χ1v) is 6.89. The van der Waals surface area contributed by atoms with Gasteiger partial charge in [-0.25, -0.2) is 4.79 Å². The highest BCUT2D eigenvalue weighted by Crippen LogP contribution is 2.29. The molecule has 1 unspecified atom stereocenters. The number of benzene rings is 1. The van der Waals surface area contributed by atoms with Crippen LogP contribution in [0.15, 0.2) is 18.2 Å². The SMILES string of the molecule is CC(CCCC(=O)O)NC(=O)Nc1c(Cl)cccc1Cl. The Morgan fingerprint density at radius 3 is 2.45 bits per heavy atom. The maximum Gasteiger partial charge on any atom is 0.319 e. The molecule has 0 spiro atoms. The number of nitrogens with one attached hydrogen (secondary N) is 2. The largest absolute Gasteiger partial charge is 0.481 e. The summed E-state index contributed by atoms with van der Waals surface area (Å²) in [6.07, 6.45) is 1.17. The van der Waals surface area contributed by atoms with Gasteiger partial charge in [-0.3, -0.25) is 4.79 Å². The Morgan fingerprint density at radius 2 is 1.90 bits per heavy atom. The number of rotatable bonds is 6. The Labute approximate surface area is 127 Å². The number of para-hydroxylation sites is 1. The summed E-state index contributed by atoms with van der Waals surface area (Å²) in [5.41, 5.74) is 0.353. The van der Waals surface area contributed by atoms with E-state index in [1.807, 2.05) is 0 Å². The molecule has 0 saturated carbocycles. The third-order valence-corrected chi connectivity index (χ3v) is 3.24. The van der Waals surface area contributed by atoms with Gasteiger partial charge in [-0.15, -0.1) is 0 Å². The lowest BCUT2D eigenvalue weighted by Gasteiger charge is -2.15. The lowest BCUT2D eigenvalue weighted by molar-refractivity contribution is -0.137. The number of carbonyl (C=O) groups is 2. The van der Waals surface area contributed by atoms with E-state index in [0.717, 1.165) is 0 Å². The molecule has 0 radical (unpaired) electrons. The molecular weight excluding hydrogens is 303 g/mol. The van der Waals surface area contributed by atoms with E-state index < -0.39 is 12.0 Å². The van der Waals surface area contributed by atoms with Crippen LogP contribution in [0.4, 0.5) is 10.5 Å². The average molecular weight is 319 g/mol. The zero-order valence-corrected chi connectivity index (χ0v) is 12.5. The van der Waals surface area contributed by atoms with E-state index in [2.05, 4.69) is 10.6 Å². The average Bonchev–Trinajstić information content (AvgIpc) is 2.33. The van der Waals surface area contributed by atoms with Crippen LogP contribution in [-0.2, 0) is 4.79 Å². The molecule has 3 N–H and O–H groups in total. The van der Waals surface area contributed by atoms with Crippen LogP contribution < -0.4 is 10.6 Å². The van der Waals surface area contributed by atoms with Crippen LogP contribution in [0.1, 0.15) is 26.2 Å². The van der Waals surface area contributed by atoms with Gasteiger partial charge in [0.2, 0.25) is 0 Å². The molecule has 0 aliphatic rings. The maximum atomic E-state index is 11.8. The van der Waals surface area contributed by atoms with Crippen LogP contribution in [0.5, 0.6) is 0 Å². The second-order valence-corrected chi connectivity index (χ2v) is 5.20. The van der Waals surface area contributed by atoms with E-state index >= 15 is 0 Å². The predicted octanol–water partition coefficient (Wildman–Crippen LogP) is 3.76.